The summed E-state index contributed by atoms with van der Waals surface area (Å²) in [6.45, 7) is 2.02. The second-order valence-electron chi connectivity index (χ2n) is 2.84. The van der Waals surface area contributed by atoms with Crippen molar-refractivity contribution in [2.24, 2.45) is 0 Å². The zero-order valence-corrected chi connectivity index (χ0v) is 10.8. The zero-order chi connectivity index (χ0) is 12.0. The second-order valence-corrected chi connectivity index (χ2v) is 4.95. The lowest BCUT2D eigenvalue weighted by Crippen LogP contribution is -1.67. The minimum atomic E-state index is -0.889. The number of carbonyl (C=O) groups excluding carboxylic acids is 1. The Kier molecular flexibility index (Phi) is 5.46. The maximum Gasteiger partial charge on any atom is 0.313 e. The van der Waals surface area contributed by atoms with E-state index in [1.54, 1.807) is 11.3 Å². The number of hydrogen-bond donors (Lipinski definition) is 0. The van der Waals surface area contributed by atoms with Crippen molar-refractivity contribution >= 4 is 39.2 Å². The molecular formula is C11H9Cl2NOS. The summed E-state index contributed by atoms with van der Waals surface area (Å²) in [5.74, 6) is 0. The van der Waals surface area contributed by atoms with Crippen LogP contribution in [-0.4, -0.2) is 9.69 Å². The van der Waals surface area contributed by atoms with Crippen LogP contribution in [0.25, 0.3) is 10.4 Å². The average molecular weight is 274 g/mol. The Labute approximate surface area is 108 Å². The highest BCUT2D eigenvalue weighted by Crippen LogP contribution is 2.24. The first-order valence-electron chi connectivity index (χ1n) is 4.42. The molecule has 0 aliphatic carbocycles. The van der Waals surface area contributed by atoms with Gasteiger partial charge >= 0.3 is 4.70 Å². The quantitative estimate of drug-likeness (QED) is 0.705. The summed E-state index contributed by atoms with van der Waals surface area (Å²) in [6, 6.07) is 10.3. The fourth-order valence-corrected chi connectivity index (χ4v) is 1.88. The Balaban J connectivity index is 0.000000280. The lowest BCUT2D eigenvalue weighted by molar-refractivity contribution is 0.275. The molecule has 0 aliphatic rings. The van der Waals surface area contributed by atoms with Gasteiger partial charge in [0.05, 0.1) is 9.88 Å². The Morgan fingerprint density at radius 2 is 1.81 bits per heavy atom. The van der Waals surface area contributed by atoms with Gasteiger partial charge in [0.2, 0.25) is 0 Å². The lowest BCUT2D eigenvalue weighted by atomic mass is 10.2. The normalized spacial score (nSPS) is 9.19. The molecule has 0 amide bonds. The van der Waals surface area contributed by atoms with Gasteiger partial charge in [0, 0.05) is 6.20 Å². The number of aryl methyl sites for hydroxylation is 1. The fourth-order valence-electron chi connectivity index (χ4n) is 1.10. The van der Waals surface area contributed by atoms with Gasteiger partial charge in [-0.1, -0.05) is 30.3 Å². The number of thiazole rings is 1. The number of carbonyl (C=O) groups is 1. The van der Waals surface area contributed by atoms with E-state index in [4.69, 9.17) is 4.79 Å². The van der Waals surface area contributed by atoms with E-state index < -0.39 is 4.70 Å². The molecule has 2 rings (SSSR count). The van der Waals surface area contributed by atoms with Gasteiger partial charge in [-0.15, -0.1) is 11.3 Å². The van der Waals surface area contributed by atoms with E-state index in [1.807, 2.05) is 31.3 Å². The molecule has 0 fully saturated rings. The van der Waals surface area contributed by atoms with E-state index in [-0.39, 0.29) is 0 Å². The number of benzene rings is 1. The Hall–Kier alpha value is -0.900. The summed E-state index contributed by atoms with van der Waals surface area (Å²) in [4.78, 5) is 14.4. The Morgan fingerprint density at radius 3 is 2.25 bits per heavy atom. The van der Waals surface area contributed by atoms with Crippen molar-refractivity contribution in [1.82, 2.24) is 4.98 Å². The molecule has 5 heteroatoms. The van der Waals surface area contributed by atoms with Gasteiger partial charge in [0.15, 0.2) is 0 Å². The summed E-state index contributed by atoms with van der Waals surface area (Å²) in [5, 5.41) is 1.12. The number of aromatic nitrogens is 1. The highest BCUT2D eigenvalue weighted by atomic mass is 35.5. The maximum absolute atomic E-state index is 8.98. The van der Waals surface area contributed by atoms with Crippen LogP contribution in [0, 0.1) is 6.92 Å². The standard InChI is InChI=1S/C10H9NS.CCl2O/c1-8-11-7-10(12-8)9-5-3-2-4-6-9;2-1(3)4/h2-7H,1H3;. The predicted molar refractivity (Wildman–Crippen MR) is 69.4 cm³/mol. The molecule has 2 aromatic rings. The molecule has 0 spiro atoms. The average Bonchev–Trinajstić information content (AvgIpc) is 2.65. The van der Waals surface area contributed by atoms with Crippen LogP contribution >= 0.6 is 34.5 Å². The molecule has 16 heavy (non-hydrogen) atoms. The Morgan fingerprint density at radius 1 is 1.25 bits per heavy atom. The van der Waals surface area contributed by atoms with Crippen molar-refractivity contribution in [1.29, 1.82) is 0 Å². The summed E-state index contributed by atoms with van der Waals surface area (Å²) in [5.41, 5.74) is 1.25. The van der Waals surface area contributed by atoms with Gasteiger partial charge in [-0.3, -0.25) is 4.79 Å². The monoisotopic (exact) mass is 273 g/mol. The van der Waals surface area contributed by atoms with Gasteiger partial charge in [-0.25, -0.2) is 4.98 Å². The van der Waals surface area contributed by atoms with Crippen LogP contribution in [0.4, 0.5) is 4.79 Å². The van der Waals surface area contributed by atoms with E-state index in [0.717, 1.165) is 5.01 Å². The lowest BCUT2D eigenvalue weighted by Gasteiger charge is -1.92. The molecule has 0 unspecified atom stereocenters. The number of nitrogens with zero attached hydrogens (tertiary/aromatic N) is 1. The van der Waals surface area contributed by atoms with Crippen molar-refractivity contribution in [3.63, 3.8) is 0 Å². The third-order valence-electron chi connectivity index (χ3n) is 1.68. The van der Waals surface area contributed by atoms with Gasteiger partial charge in [-0.2, -0.15) is 0 Å². The van der Waals surface area contributed by atoms with Crippen molar-refractivity contribution in [2.45, 2.75) is 6.92 Å². The molecule has 0 atom stereocenters. The fraction of sp³-hybridized carbons (Fsp3) is 0.0909. The first-order chi connectivity index (χ1) is 7.59. The minimum Gasteiger partial charge on any atom is -0.262 e. The molecule has 0 aliphatic heterocycles. The summed E-state index contributed by atoms with van der Waals surface area (Å²) < 4.78 is -0.889. The summed E-state index contributed by atoms with van der Waals surface area (Å²) in [6.07, 6.45) is 1.93. The van der Waals surface area contributed by atoms with Crippen LogP contribution in [0.1, 0.15) is 5.01 Å². The molecule has 1 aromatic carbocycles. The van der Waals surface area contributed by atoms with Crippen LogP contribution < -0.4 is 0 Å². The van der Waals surface area contributed by atoms with Crippen LogP contribution in [0.3, 0.4) is 0 Å². The SMILES string of the molecule is Cc1ncc(-c2ccccc2)s1.O=C(Cl)Cl. The molecule has 0 N–H and O–H groups in total. The van der Waals surface area contributed by atoms with Gasteiger partial charge in [0.25, 0.3) is 0 Å². The second kappa shape index (κ2) is 6.63. The molecule has 0 bridgehead atoms. The van der Waals surface area contributed by atoms with Gasteiger partial charge in [0.1, 0.15) is 0 Å². The Bertz CT molecular complexity index is 452. The summed E-state index contributed by atoms with van der Waals surface area (Å²) >= 11 is 10.5. The van der Waals surface area contributed by atoms with Crippen molar-refractivity contribution in [3.8, 4) is 10.4 Å². The largest absolute Gasteiger partial charge is 0.313 e. The third-order valence-corrected chi connectivity index (χ3v) is 2.64. The van der Waals surface area contributed by atoms with Crippen LogP contribution in [0.5, 0.6) is 0 Å². The molecular weight excluding hydrogens is 265 g/mol. The number of hydrogen-bond acceptors (Lipinski definition) is 3. The van der Waals surface area contributed by atoms with Gasteiger partial charge < -0.3 is 0 Å². The number of rotatable bonds is 1. The summed E-state index contributed by atoms with van der Waals surface area (Å²) in [7, 11) is 0. The highest BCUT2D eigenvalue weighted by Gasteiger charge is 1.98. The first kappa shape index (κ1) is 13.2. The van der Waals surface area contributed by atoms with E-state index >= 15 is 0 Å². The van der Waals surface area contributed by atoms with E-state index in [1.165, 1.54) is 10.4 Å². The van der Waals surface area contributed by atoms with Gasteiger partial charge in [-0.05, 0) is 35.7 Å². The maximum atomic E-state index is 8.98. The molecule has 0 saturated carbocycles. The van der Waals surface area contributed by atoms with Crippen molar-refractivity contribution in [3.05, 3.63) is 41.5 Å². The van der Waals surface area contributed by atoms with Crippen LogP contribution in [0.2, 0.25) is 0 Å². The van der Waals surface area contributed by atoms with Crippen LogP contribution in [0.15, 0.2) is 36.5 Å². The highest BCUT2D eigenvalue weighted by molar-refractivity contribution is 7.15. The predicted octanol–water partition coefficient (Wildman–Crippen LogP) is 4.70. The molecule has 0 saturated heterocycles. The molecule has 2 nitrogen and oxygen atoms in total. The first-order valence-corrected chi connectivity index (χ1v) is 5.99. The van der Waals surface area contributed by atoms with E-state index in [2.05, 4.69) is 40.3 Å². The molecule has 0 radical (unpaired) electrons. The topological polar surface area (TPSA) is 30.0 Å². The molecule has 1 heterocycles. The third kappa shape index (κ3) is 4.75. The molecule has 84 valence electrons. The van der Waals surface area contributed by atoms with E-state index in [9.17, 15) is 0 Å². The number of halogens is 2. The zero-order valence-electron chi connectivity index (χ0n) is 8.48. The van der Waals surface area contributed by atoms with E-state index in [0.29, 0.717) is 0 Å². The van der Waals surface area contributed by atoms with Crippen molar-refractivity contribution < 1.29 is 4.79 Å². The smallest absolute Gasteiger partial charge is 0.262 e. The van der Waals surface area contributed by atoms with Crippen LogP contribution in [-0.2, 0) is 0 Å². The minimum absolute atomic E-state index is 0.889. The molecule has 1 aromatic heterocycles. The van der Waals surface area contributed by atoms with Crippen molar-refractivity contribution in [2.75, 3.05) is 0 Å².